The van der Waals surface area contributed by atoms with E-state index in [-0.39, 0.29) is 17.8 Å². The van der Waals surface area contributed by atoms with Crippen LogP contribution in [0.1, 0.15) is 65.1 Å². The third-order valence-corrected chi connectivity index (χ3v) is 7.23. The van der Waals surface area contributed by atoms with Crippen molar-refractivity contribution < 1.29 is 37.1 Å². The molecule has 4 rings (SSSR count). The largest absolute Gasteiger partial charge is 0.479 e. The number of carboxylic acid groups (broad SMARTS) is 1. The number of carbonyl (C=O) groups excluding carboxylic acids is 2. The molecule has 1 fully saturated rings. The van der Waals surface area contributed by atoms with Crippen LogP contribution in [0.3, 0.4) is 0 Å². The summed E-state index contributed by atoms with van der Waals surface area (Å²) in [4.78, 5) is 37.7. The molecule has 1 saturated carbocycles. The summed E-state index contributed by atoms with van der Waals surface area (Å²) < 4.78 is 53.0. The first-order valence-corrected chi connectivity index (χ1v) is 13.6. The lowest BCUT2D eigenvalue weighted by Gasteiger charge is -2.26. The Hall–Kier alpha value is -4.41. The molecule has 222 valence electrons. The molecule has 0 spiro atoms. The van der Waals surface area contributed by atoms with Gasteiger partial charge >= 0.3 is 18.2 Å². The molecule has 3 N–H and O–H groups in total. The molecular weight excluding hydrogens is 554 g/mol. The topological polar surface area (TPSA) is 98.7 Å². The molecule has 3 aromatic rings. The predicted molar refractivity (Wildman–Crippen MR) is 150 cm³/mol. The Morgan fingerprint density at radius 1 is 0.929 bits per heavy atom. The Morgan fingerprint density at radius 2 is 1.60 bits per heavy atom. The molecule has 0 radical (unpaired) electrons. The van der Waals surface area contributed by atoms with Crippen LogP contribution in [0.15, 0.2) is 72.8 Å². The first-order chi connectivity index (χ1) is 20.0. The van der Waals surface area contributed by atoms with Crippen molar-refractivity contribution in [3.8, 4) is 0 Å². The van der Waals surface area contributed by atoms with Crippen molar-refractivity contribution in [2.45, 2.75) is 56.9 Å². The average Bonchev–Trinajstić information content (AvgIpc) is 2.99. The number of aliphatic carboxylic acids is 1. The van der Waals surface area contributed by atoms with Crippen LogP contribution in [0.5, 0.6) is 0 Å². The van der Waals surface area contributed by atoms with Gasteiger partial charge in [-0.2, -0.15) is 13.2 Å². The molecule has 11 heteroatoms. The van der Waals surface area contributed by atoms with Gasteiger partial charge in [0.05, 0.1) is 18.7 Å². The second kappa shape index (κ2) is 13.5. The summed E-state index contributed by atoms with van der Waals surface area (Å²) in [5.74, 6) is -1.90. The number of hydrogen-bond acceptors (Lipinski definition) is 3. The minimum absolute atomic E-state index is 0.0156. The number of nitrogens with zero attached hydrogens (tertiary/aromatic N) is 1. The minimum atomic E-state index is -4.57. The Labute approximate surface area is 240 Å². The van der Waals surface area contributed by atoms with E-state index in [1.54, 1.807) is 12.1 Å². The van der Waals surface area contributed by atoms with Crippen LogP contribution in [0.25, 0.3) is 0 Å². The van der Waals surface area contributed by atoms with Crippen molar-refractivity contribution in [1.82, 2.24) is 5.32 Å². The zero-order valence-electron chi connectivity index (χ0n) is 22.7. The SMILES string of the molecule is O=C(NCC(F)C(=O)O)c1ccc(CN(C(=O)Nc2cccc(C(F)(F)F)c2)c2ccc(C3CCCCC3)cc2)cc1. The van der Waals surface area contributed by atoms with Crippen LogP contribution in [-0.2, 0) is 17.5 Å². The number of rotatable bonds is 9. The molecule has 3 amide bonds. The molecular formula is C31H31F4N3O4. The number of nitrogens with one attached hydrogen (secondary N) is 2. The summed E-state index contributed by atoms with van der Waals surface area (Å²) in [7, 11) is 0. The van der Waals surface area contributed by atoms with Crippen molar-refractivity contribution in [1.29, 1.82) is 0 Å². The van der Waals surface area contributed by atoms with Crippen LogP contribution in [0.2, 0.25) is 0 Å². The lowest BCUT2D eigenvalue weighted by Crippen LogP contribution is -2.35. The van der Waals surface area contributed by atoms with Gasteiger partial charge in [-0.25, -0.2) is 14.0 Å². The monoisotopic (exact) mass is 585 g/mol. The second-order valence-electron chi connectivity index (χ2n) is 10.2. The summed E-state index contributed by atoms with van der Waals surface area (Å²) in [5.41, 5.74) is 1.57. The van der Waals surface area contributed by atoms with E-state index in [4.69, 9.17) is 5.11 Å². The van der Waals surface area contributed by atoms with Crippen LogP contribution < -0.4 is 15.5 Å². The van der Waals surface area contributed by atoms with Crippen molar-refractivity contribution in [2.75, 3.05) is 16.8 Å². The average molecular weight is 586 g/mol. The van der Waals surface area contributed by atoms with E-state index in [0.717, 1.165) is 25.0 Å². The number of benzene rings is 3. The highest BCUT2D eigenvalue weighted by molar-refractivity contribution is 6.01. The third kappa shape index (κ3) is 8.08. The van der Waals surface area contributed by atoms with Gasteiger partial charge in [0, 0.05) is 16.9 Å². The Morgan fingerprint density at radius 3 is 2.21 bits per heavy atom. The van der Waals surface area contributed by atoms with Gasteiger partial charge < -0.3 is 15.7 Å². The van der Waals surface area contributed by atoms with Gasteiger partial charge in [0.1, 0.15) is 0 Å². The number of amides is 3. The van der Waals surface area contributed by atoms with Crippen molar-refractivity contribution in [2.24, 2.45) is 0 Å². The van der Waals surface area contributed by atoms with Gasteiger partial charge in [-0.1, -0.05) is 49.6 Å². The zero-order valence-corrected chi connectivity index (χ0v) is 22.7. The van der Waals surface area contributed by atoms with Gasteiger partial charge in [-0.15, -0.1) is 0 Å². The highest BCUT2D eigenvalue weighted by Gasteiger charge is 2.30. The predicted octanol–water partition coefficient (Wildman–Crippen LogP) is 7.14. The number of hydrogen-bond donors (Lipinski definition) is 3. The maximum Gasteiger partial charge on any atom is 0.416 e. The minimum Gasteiger partial charge on any atom is -0.479 e. The van der Waals surface area contributed by atoms with Gasteiger partial charge in [0.15, 0.2) is 0 Å². The molecule has 1 unspecified atom stereocenters. The van der Waals surface area contributed by atoms with Crippen molar-refractivity contribution in [3.63, 3.8) is 0 Å². The summed E-state index contributed by atoms with van der Waals surface area (Å²) in [6.07, 6.45) is -1.05. The number of anilines is 2. The van der Waals surface area contributed by atoms with E-state index in [2.05, 4.69) is 10.6 Å². The zero-order chi connectivity index (χ0) is 30.3. The van der Waals surface area contributed by atoms with Gasteiger partial charge in [0.2, 0.25) is 6.17 Å². The standard InChI is InChI=1S/C31H31F4N3O4/c32-27(29(40)41)18-36-28(39)23-11-9-20(10-12-23)19-38(26-15-13-22(14-16-26)21-5-2-1-3-6-21)30(42)37-25-8-4-7-24(17-25)31(33,34)35/h4,7-17,21,27H,1-3,5-6,18-19H2,(H,36,39)(H,37,42)(H,40,41). The van der Waals surface area contributed by atoms with Gasteiger partial charge in [-0.3, -0.25) is 9.69 Å². The Kier molecular flexibility index (Phi) is 9.82. The molecule has 0 saturated heterocycles. The lowest BCUT2D eigenvalue weighted by atomic mass is 9.84. The summed E-state index contributed by atoms with van der Waals surface area (Å²) in [5, 5.41) is 13.4. The number of halogens is 4. The van der Waals surface area contributed by atoms with E-state index >= 15 is 0 Å². The van der Waals surface area contributed by atoms with Crippen LogP contribution in [0.4, 0.5) is 33.7 Å². The van der Waals surface area contributed by atoms with Gasteiger partial charge in [0.25, 0.3) is 5.91 Å². The molecule has 0 aromatic heterocycles. The lowest BCUT2D eigenvalue weighted by molar-refractivity contribution is -0.142. The molecule has 7 nitrogen and oxygen atoms in total. The highest BCUT2D eigenvalue weighted by atomic mass is 19.4. The number of carbonyl (C=O) groups is 3. The van der Waals surface area contributed by atoms with E-state index in [1.165, 1.54) is 54.0 Å². The molecule has 3 aromatic carbocycles. The smallest absolute Gasteiger partial charge is 0.416 e. The molecule has 0 heterocycles. The van der Waals surface area contributed by atoms with E-state index in [0.29, 0.717) is 17.2 Å². The fraction of sp³-hybridized carbons (Fsp3) is 0.323. The Balaban J connectivity index is 1.54. The second-order valence-corrected chi connectivity index (χ2v) is 10.2. The summed E-state index contributed by atoms with van der Waals surface area (Å²) in [6.45, 7) is -0.655. The van der Waals surface area contributed by atoms with Crippen LogP contribution >= 0.6 is 0 Å². The van der Waals surface area contributed by atoms with E-state index in [1.807, 2.05) is 24.3 Å². The fourth-order valence-electron chi connectivity index (χ4n) is 4.92. The van der Waals surface area contributed by atoms with Crippen LogP contribution in [0, 0.1) is 0 Å². The van der Waals surface area contributed by atoms with Crippen molar-refractivity contribution in [3.05, 3.63) is 95.1 Å². The Bertz CT molecular complexity index is 1390. The maximum absolute atomic E-state index is 13.4. The highest BCUT2D eigenvalue weighted by Crippen LogP contribution is 2.34. The van der Waals surface area contributed by atoms with Crippen molar-refractivity contribution >= 4 is 29.3 Å². The number of carboxylic acids is 1. The first kappa shape index (κ1) is 30.5. The van der Waals surface area contributed by atoms with Gasteiger partial charge in [-0.05, 0) is 72.4 Å². The molecule has 0 bridgehead atoms. The molecule has 0 aliphatic heterocycles. The quantitative estimate of drug-likeness (QED) is 0.233. The van der Waals surface area contributed by atoms with E-state index < -0.39 is 42.4 Å². The third-order valence-electron chi connectivity index (χ3n) is 7.23. The molecule has 1 atom stereocenters. The van der Waals surface area contributed by atoms with Crippen LogP contribution in [-0.4, -0.2) is 35.7 Å². The summed E-state index contributed by atoms with van der Waals surface area (Å²) >= 11 is 0. The number of alkyl halides is 4. The van der Waals surface area contributed by atoms with E-state index in [9.17, 15) is 31.9 Å². The molecule has 1 aliphatic rings. The summed E-state index contributed by atoms with van der Waals surface area (Å²) in [6, 6.07) is 17.4. The number of urea groups is 1. The normalized spacial score (nSPS) is 14.6. The molecule has 42 heavy (non-hydrogen) atoms. The maximum atomic E-state index is 13.4. The molecule has 1 aliphatic carbocycles. The first-order valence-electron chi connectivity index (χ1n) is 13.6. The fourth-order valence-corrected chi connectivity index (χ4v) is 4.92.